The van der Waals surface area contributed by atoms with E-state index in [9.17, 15) is 13.2 Å². The number of hydrogen-bond donors (Lipinski definition) is 1. The Morgan fingerprint density at radius 1 is 1.22 bits per heavy atom. The number of benzene rings is 1. The first-order chi connectivity index (χ1) is 13.0. The lowest BCUT2D eigenvalue weighted by molar-refractivity contribution is -0.131. The second-order valence-corrected chi connectivity index (χ2v) is 9.45. The molecule has 1 N–H and O–H groups in total. The Hall–Kier alpha value is -2.26. The van der Waals surface area contributed by atoms with E-state index in [2.05, 4.69) is 22.1 Å². The average Bonchev–Trinajstić information content (AvgIpc) is 3.18. The summed E-state index contributed by atoms with van der Waals surface area (Å²) >= 11 is 0.927. The predicted molar refractivity (Wildman–Crippen MR) is 105 cm³/mol. The van der Waals surface area contributed by atoms with Crippen molar-refractivity contribution in [3.8, 4) is 0 Å². The van der Waals surface area contributed by atoms with Crippen LogP contribution < -0.4 is 5.32 Å². The van der Waals surface area contributed by atoms with Gasteiger partial charge in [0.15, 0.2) is 5.25 Å². The van der Waals surface area contributed by atoms with Gasteiger partial charge in [-0.2, -0.15) is 0 Å². The van der Waals surface area contributed by atoms with Crippen molar-refractivity contribution in [1.29, 1.82) is 0 Å². The minimum atomic E-state index is -4.02. The first-order valence-electron chi connectivity index (χ1n) is 8.80. The lowest BCUT2D eigenvalue weighted by Crippen LogP contribution is -2.41. The third-order valence-electron chi connectivity index (χ3n) is 4.35. The van der Waals surface area contributed by atoms with Crippen LogP contribution in [0.5, 0.6) is 0 Å². The minimum absolute atomic E-state index is 0.159. The lowest BCUT2D eigenvalue weighted by Gasteiger charge is -2.30. The van der Waals surface area contributed by atoms with E-state index in [1.165, 1.54) is 0 Å². The van der Waals surface area contributed by atoms with Crippen molar-refractivity contribution in [3.05, 3.63) is 48.6 Å². The van der Waals surface area contributed by atoms with E-state index in [4.69, 9.17) is 0 Å². The number of nitrogens with one attached hydrogen (secondary N) is 1. The molecule has 0 spiro atoms. The number of nitrogens with zero attached hydrogens (tertiary/aromatic N) is 3. The molecule has 0 saturated carbocycles. The summed E-state index contributed by atoms with van der Waals surface area (Å²) in [5, 5.41) is 9.70. The predicted octanol–water partition coefficient (Wildman–Crippen LogP) is 2.66. The molecule has 9 heteroatoms. The number of amides is 1. The average molecular weight is 407 g/mol. The van der Waals surface area contributed by atoms with Gasteiger partial charge in [0.2, 0.25) is 25.2 Å². The van der Waals surface area contributed by atoms with Gasteiger partial charge < -0.3 is 10.2 Å². The zero-order valence-electron chi connectivity index (χ0n) is 14.9. The van der Waals surface area contributed by atoms with Crippen molar-refractivity contribution < 1.29 is 13.2 Å². The number of rotatable bonds is 7. The summed E-state index contributed by atoms with van der Waals surface area (Å²) in [6.45, 7) is 5.21. The third-order valence-corrected chi connectivity index (χ3v) is 7.64. The summed E-state index contributed by atoms with van der Waals surface area (Å²) < 4.78 is 26.5. The molecule has 0 aliphatic carbocycles. The molecule has 2 aromatic rings. The number of hydrogen-bond acceptors (Lipinski definition) is 7. The van der Waals surface area contributed by atoms with Crippen LogP contribution in [0.3, 0.4) is 0 Å². The van der Waals surface area contributed by atoms with Crippen LogP contribution in [0.1, 0.15) is 30.1 Å². The van der Waals surface area contributed by atoms with E-state index in [0.717, 1.165) is 30.6 Å². The summed E-state index contributed by atoms with van der Waals surface area (Å²) in [4.78, 5) is 14.8. The van der Waals surface area contributed by atoms with E-state index in [1.54, 1.807) is 41.3 Å². The number of likely N-dealkylation sites (tertiary alicyclic amines) is 1. The maximum absolute atomic E-state index is 13.3. The molecule has 27 heavy (non-hydrogen) atoms. The van der Waals surface area contributed by atoms with E-state index in [-0.39, 0.29) is 4.34 Å². The monoisotopic (exact) mass is 406 g/mol. The van der Waals surface area contributed by atoms with Gasteiger partial charge in [-0.05, 0) is 24.8 Å². The molecule has 1 aromatic carbocycles. The van der Waals surface area contributed by atoms with Gasteiger partial charge in [0, 0.05) is 19.6 Å². The van der Waals surface area contributed by atoms with Gasteiger partial charge >= 0.3 is 0 Å². The second kappa shape index (κ2) is 8.62. The second-order valence-electron chi connectivity index (χ2n) is 6.26. The Morgan fingerprint density at radius 2 is 1.93 bits per heavy atom. The van der Waals surface area contributed by atoms with Gasteiger partial charge in [0.1, 0.15) is 0 Å². The lowest BCUT2D eigenvalue weighted by atomic mass is 10.1. The molecular formula is C18H22N4O3S2. The molecule has 144 valence electrons. The van der Waals surface area contributed by atoms with Crippen molar-refractivity contribution in [1.82, 2.24) is 15.1 Å². The topological polar surface area (TPSA) is 92.3 Å². The number of aromatic nitrogens is 2. The van der Waals surface area contributed by atoms with Crippen LogP contribution in [-0.2, 0) is 14.6 Å². The van der Waals surface area contributed by atoms with Gasteiger partial charge in [-0.25, -0.2) is 8.42 Å². The normalized spacial score (nSPS) is 15.9. The highest BCUT2D eigenvalue weighted by atomic mass is 32.2. The van der Waals surface area contributed by atoms with Crippen molar-refractivity contribution >= 4 is 32.2 Å². The van der Waals surface area contributed by atoms with Crippen LogP contribution in [-0.4, -0.2) is 49.1 Å². The van der Waals surface area contributed by atoms with Crippen molar-refractivity contribution in [3.63, 3.8) is 0 Å². The number of sulfone groups is 1. The summed E-state index contributed by atoms with van der Waals surface area (Å²) in [5.74, 6) is -0.392. The first kappa shape index (κ1) is 19.5. The molecule has 1 amide bonds. The zero-order valence-corrected chi connectivity index (χ0v) is 16.5. The van der Waals surface area contributed by atoms with Crippen molar-refractivity contribution in [2.24, 2.45) is 0 Å². The van der Waals surface area contributed by atoms with Crippen LogP contribution >= 0.6 is 11.3 Å². The molecule has 0 radical (unpaired) electrons. The molecule has 7 nitrogen and oxygen atoms in total. The van der Waals surface area contributed by atoms with Crippen LogP contribution in [0.25, 0.3) is 0 Å². The van der Waals surface area contributed by atoms with Gasteiger partial charge in [-0.1, -0.05) is 47.7 Å². The Balaban J connectivity index is 1.97. The van der Waals surface area contributed by atoms with Crippen LogP contribution in [0.15, 0.2) is 47.3 Å². The van der Waals surface area contributed by atoms with Gasteiger partial charge in [0.25, 0.3) is 0 Å². The number of piperidine rings is 1. The maximum Gasteiger partial charge on any atom is 0.245 e. The molecular weight excluding hydrogens is 384 g/mol. The number of carbonyl (C=O) groups excluding carboxylic acids is 1. The quantitative estimate of drug-likeness (QED) is 0.711. The highest BCUT2D eigenvalue weighted by molar-refractivity contribution is 7.94. The molecule has 1 atom stereocenters. The summed E-state index contributed by atoms with van der Waals surface area (Å²) in [5.41, 5.74) is 0.448. The molecule has 0 bridgehead atoms. The molecule has 1 aromatic heterocycles. The van der Waals surface area contributed by atoms with Crippen molar-refractivity contribution in [2.75, 3.05) is 25.0 Å². The van der Waals surface area contributed by atoms with E-state index < -0.39 is 21.0 Å². The highest BCUT2D eigenvalue weighted by Gasteiger charge is 2.40. The summed E-state index contributed by atoms with van der Waals surface area (Å²) in [7, 11) is -4.02. The van der Waals surface area contributed by atoms with Crippen LogP contribution in [0, 0.1) is 0 Å². The molecule has 1 aliphatic rings. The fourth-order valence-electron chi connectivity index (χ4n) is 3.02. The molecule has 0 unspecified atom stereocenters. The third kappa shape index (κ3) is 4.36. The highest BCUT2D eigenvalue weighted by Crippen LogP contribution is 2.34. The van der Waals surface area contributed by atoms with Crippen molar-refractivity contribution in [2.45, 2.75) is 28.9 Å². The van der Waals surface area contributed by atoms with Crippen LogP contribution in [0.2, 0.25) is 0 Å². The standard InChI is InChI=1S/C18H22N4O3S2/c1-2-11-19-17-20-21-18(26-17)27(24,25)15(14-9-5-3-6-10-14)16(23)22-12-7-4-8-13-22/h2-3,5-6,9-10,15H,1,4,7-8,11-13H2,(H,19,20)/t15-/m0/s1. The van der Waals surface area contributed by atoms with Gasteiger partial charge in [-0.3, -0.25) is 4.79 Å². The van der Waals surface area contributed by atoms with Gasteiger partial charge in [0.05, 0.1) is 0 Å². The molecule has 3 rings (SSSR count). The summed E-state index contributed by atoms with van der Waals surface area (Å²) in [6.07, 6.45) is 4.48. The van der Waals surface area contributed by atoms with E-state index in [0.29, 0.717) is 30.3 Å². The van der Waals surface area contributed by atoms with Crippen LogP contribution in [0.4, 0.5) is 5.13 Å². The number of carbonyl (C=O) groups is 1. The Kier molecular flexibility index (Phi) is 6.22. The summed E-state index contributed by atoms with van der Waals surface area (Å²) in [6, 6.07) is 8.60. The zero-order chi connectivity index (χ0) is 19.3. The SMILES string of the molecule is C=CCNc1nnc(S(=O)(=O)[C@H](C(=O)N2CCCCC2)c2ccccc2)s1. The fourth-order valence-corrected chi connectivity index (χ4v) is 5.78. The fraction of sp³-hybridized carbons (Fsp3) is 0.389. The Bertz CT molecular complexity index is 890. The van der Waals surface area contributed by atoms with Gasteiger partial charge in [-0.15, -0.1) is 16.8 Å². The largest absolute Gasteiger partial charge is 0.357 e. The van der Waals surface area contributed by atoms with E-state index >= 15 is 0 Å². The van der Waals surface area contributed by atoms with E-state index in [1.807, 2.05) is 0 Å². The number of anilines is 1. The smallest absolute Gasteiger partial charge is 0.245 e. The molecule has 2 heterocycles. The molecule has 1 saturated heterocycles. The Labute approximate surface area is 163 Å². The molecule has 1 aliphatic heterocycles. The maximum atomic E-state index is 13.3. The molecule has 1 fully saturated rings. The Morgan fingerprint density at radius 3 is 2.59 bits per heavy atom. The first-order valence-corrected chi connectivity index (χ1v) is 11.2. The minimum Gasteiger partial charge on any atom is -0.357 e.